The van der Waals surface area contributed by atoms with E-state index in [-0.39, 0.29) is 48.5 Å². The Morgan fingerprint density at radius 3 is 2.30 bits per heavy atom. The highest BCUT2D eigenvalue weighted by Gasteiger charge is 2.31. The molecule has 0 saturated heterocycles. The van der Waals surface area contributed by atoms with Gasteiger partial charge >= 0.3 is 12.1 Å². The molecule has 0 aromatic carbocycles. The molecule has 1 saturated carbocycles. The number of guanidine groups is 1. The Balaban J connectivity index is 0.00000676. The summed E-state index contributed by atoms with van der Waals surface area (Å²) in [5, 5.41) is 5.86. The van der Waals surface area contributed by atoms with Gasteiger partial charge in [0.2, 0.25) is 5.91 Å². The number of esters is 1. The third-order valence-corrected chi connectivity index (χ3v) is 4.16. The van der Waals surface area contributed by atoms with Crippen LogP contribution in [-0.2, 0) is 14.3 Å². The van der Waals surface area contributed by atoms with E-state index in [1.807, 2.05) is 0 Å². The monoisotopic (exact) mass is 508 g/mol. The van der Waals surface area contributed by atoms with Crippen LogP contribution in [0.5, 0.6) is 0 Å². The molecule has 1 rings (SSSR count). The van der Waals surface area contributed by atoms with E-state index in [1.54, 1.807) is 6.92 Å². The largest absolute Gasteiger partial charge is 0.466 e. The van der Waals surface area contributed by atoms with Gasteiger partial charge in [-0.25, -0.2) is 0 Å². The fourth-order valence-corrected chi connectivity index (χ4v) is 2.77. The van der Waals surface area contributed by atoms with E-state index in [1.165, 1.54) is 7.05 Å². The fourth-order valence-electron chi connectivity index (χ4n) is 2.77. The summed E-state index contributed by atoms with van der Waals surface area (Å²) < 4.78 is 41.9. The van der Waals surface area contributed by atoms with Gasteiger partial charge in [0.25, 0.3) is 0 Å². The first-order valence-electron chi connectivity index (χ1n) is 8.60. The summed E-state index contributed by atoms with van der Waals surface area (Å²) >= 11 is 0. The number of aliphatic imine (C=N–C) groups is 1. The zero-order valence-corrected chi connectivity index (χ0v) is 18.1. The van der Waals surface area contributed by atoms with E-state index in [0.717, 1.165) is 19.9 Å². The molecule has 0 spiro atoms. The molecule has 0 aromatic heterocycles. The molecule has 11 heteroatoms. The van der Waals surface area contributed by atoms with Crippen molar-refractivity contribution in [3.8, 4) is 0 Å². The van der Waals surface area contributed by atoms with E-state index in [2.05, 4.69) is 15.6 Å². The van der Waals surface area contributed by atoms with Gasteiger partial charge in [-0.05, 0) is 32.6 Å². The van der Waals surface area contributed by atoms with Crippen molar-refractivity contribution in [2.45, 2.75) is 44.8 Å². The average Bonchev–Trinajstić information content (AvgIpc) is 2.57. The molecular weight excluding hydrogens is 480 g/mol. The van der Waals surface area contributed by atoms with Crippen molar-refractivity contribution in [2.75, 3.05) is 33.8 Å². The molecule has 0 aliphatic heterocycles. The number of rotatable bonds is 6. The minimum Gasteiger partial charge on any atom is -0.466 e. The van der Waals surface area contributed by atoms with Crippen molar-refractivity contribution in [3.63, 3.8) is 0 Å². The van der Waals surface area contributed by atoms with Crippen LogP contribution in [-0.4, -0.2) is 68.7 Å². The first-order valence-corrected chi connectivity index (χ1v) is 8.60. The van der Waals surface area contributed by atoms with Gasteiger partial charge in [0.15, 0.2) is 5.96 Å². The molecule has 0 radical (unpaired) electrons. The van der Waals surface area contributed by atoms with Gasteiger partial charge in [0.1, 0.15) is 6.54 Å². The maximum absolute atomic E-state index is 12.3. The molecule has 0 heterocycles. The zero-order valence-electron chi connectivity index (χ0n) is 15.8. The Bertz CT molecular complexity index is 510. The van der Waals surface area contributed by atoms with Gasteiger partial charge in [-0.1, -0.05) is 0 Å². The van der Waals surface area contributed by atoms with Crippen LogP contribution in [0, 0.1) is 5.92 Å². The normalized spacial score (nSPS) is 20.3. The molecule has 1 amide bonds. The Morgan fingerprint density at radius 2 is 1.81 bits per heavy atom. The standard InChI is InChI=1S/C16H27F3N4O3.HI/c1-4-26-14(25)11-5-7-12(8-6-11)22-15(20-2)21-9-13(24)23(3)10-16(17,18)19;/h11-12H,4-10H2,1-3H3,(H2,20,21,22);1H. The molecule has 0 bridgehead atoms. The second kappa shape index (κ2) is 12.2. The van der Waals surface area contributed by atoms with Crippen LogP contribution in [0.25, 0.3) is 0 Å². The third kappa shape index (κ3) is 10.0. The topological polar surface area (TPSA) is 83.0 Å². The summed E-state index contributed by atoms with van der Waals surface area (Å²) in [4.78, 5) is 28.1. The predicted octanol–water partition coefficient (Wildman–Crippen LogP) is 1.91. The van der Waals surface area contributed by atoms with Crippen LogP contribution in [0.15, 0.2) is 4.99 Å². The maximum atomic E-state index is 12.3. The van der Waals surface area contributed by atoms with Gasteiger partial charge < -0.3 is 20.3 Å². The van der Waals surface area contributed by atoms with Gasteiger partial charge in [0.05, 0.1) is 19.1 Å². The van der Waals surface area contributed by atoms with Crippen LogP contribution in [0.4, 0.5) is 13.2 Å². The van der Waals surface area contributed by atoms with Gasteiger partial charge in [-0.3, -0.25) is 14.6 Å². The number of ether oxygens (including phenoxy) is 1. The van der Waals surface area contributed by atoms with Gasteiger partial charge in [-0.15, -0.1) is 24.0 Å². The van der Waals surface area contributed by atoms with Crippen molar-refractivity contribution in [2.24, 2.45) is 10.9 Å². The Labute approximate surface area is 174 Å². The van der Waals surface area contributed by atoms with Crippen LogP contribution in [0.1, 0.15) is 32.6 Å². The molecule has 0 unspecified atom stereocenters. The van der Waals surface area contributed by atoms with Crippen molar-refractivity contribution in [3.05, 3.63) is 0 Å². The van der Waals surface area contributed by atoms with Crippen molar-refractivity contribution in [1.82, 2.24) is 15.5 Å². The smallest absolute Gasteiger partial charge is 0.406 e. The number of alkyl halides is 3. The summed E-state index contributed by atoms with van der Waals surface area (Å²) in [5.41, 5.74) is 0. The first kappa shape index (κ1) is 25.7. The van der Waals surface area contributed by atoms with E-state index < -0.39 is 18.6 Å². The quantitative estimate of drug-likeness (QED) is 0.248. The SMILES string of the molecule is CCOC(=O)C1CCC(NC(=NC)NCC(=O)N(C)CC(F)(F)F)CC1.I. The van der Waals surface area contributed by atoms with Gasteiger partial charge in [0, 0.05) is 20.1 Å². The molecule has 0 aromatic rings. The van der Waals surface area contributed by atoms with Crippen LogP contribution < -0.4 is 10.6 Å². The lowest BCUT2D eigenvalue weighted by molar-refractivity contribution is -0.157. The maximum Gasteiger partial charge on any atom is 0.406 e. The third-order valence-electron chi connectivity index (χ3n) is 4.16. The van der Waals surface area contributed by atoms with E-state index >= 15 is 0 Å². The predicted molar refractivity (Wildman–Crippen MR) is 106 cm³/mol. The number of hydrogen-bond donors (Lipinski definition) is 2. The minimum absolute atomic E-state index is 0. The van der Waals surface area contributed by atoms with E-state index in [9.17, 15) is 22.8 Å². The molecule has 158 valence electrons. The second-order valence-corrected chi connectivity index (χ2v) is 6.24. The minimum atomic E-state index is -4.43. The lowest BCUT2D eigenvalue weighted by Gasteiger charge is -2.29. The van der Waals surface area contributed by atoms with Crippen LogP contribution >= 0.6 is 24.0 Å². The zero-order chi connectivity index (χ0) is 19.7. The lowest BCUT2D eigenvalue weighted by Crippen LogP contribution is -2.49. The van der Waals surface area contributed by atoms with E-state index in [4.69, 9.17) is 4.74 Å². The highest BCUT2D eigenvalue weighted by Crippen LogP contribution is 2.25. The summed E-state index contributed by atoms with van der Waals surface area (Å²) in [6.07, 6.45) is -1.55. The number of carbonyl (C=O) groups is 2. The Morgan fingerprint density at radius 1 is 1.22 bits per heavy atom. The first-order chi connectivity index (χ1) is 12.2. The molecule has 1 aliphatic carbocycles. The molecule has 7 nitrogen and oxygen atoms in total. The highest BCUT2D eigenvalue weighted by atomic mass is 127. The number of nitrogens with zero attached hydrogens (tertiary/aromatic N) is 2. The van der Waals surface area contributed by atoms with Crippen molar-refractivity contribution >= 4 is 41.8 Å². The van der Waals surface area contributed by atoms with Gasteiger partial charge in [-0.2, -0.15) is 13.2 Å². The molecule has 27 heavy (non-hydrogen) atoms. The molecule has 1 aliphatic rings. The summed E-state index contributed by atoms with van der Waals surface area (Å²) in [6, 6.07) is 0.0786. The number of likely N-dealkylation sites (N-methyl/N-ethyl adjacent to an activating group) is 1. The highest BCUT2D eigenvalue weighted by molar-refractivity contribution is 14.0. The number of carbonyl (C=O) groups excluding carboxylic acids is 2. The second-order valence-electron chi connectivity index (χ2n) is 6.24. The van der Waals surface area contributed by atoms with Crippen molar-refractivity contribution in [1.29, 1.82) is 0 Å². The number of amides is 1. The number of nitrogens with one attached hydrogen (secondary N) is 2. The molecule has 2 N–H and O–H groups in total. The Kier molecular flexibility index (Phi) is 11.7. The molecule has 0 atom stereocenters. The van der Waals surface area contributed by atoms with Crippen LogP contribution in [0.3, 0.4) is 0 Å². The van der Waals surface area contributed by atoms with E-state index in [0.29, 0.717) is 30.3 Å². The Hall–Kier alpha value is -1.27. The average molecular weight is 508 g/mol. The fraction of sp³-hybridized carbons (Fsp3) is 0.812. The summed E-state index contributed by atoms with van der Waals surface area (Å²) in [6.45, 7) is 0.556. The lowest BCUT2D eigenvalue weighted by atomic mass is 9.86. The van der Waals surface area contributed by atoms with Crippen molar-refractivity contribution < 1.29 is 27.5 Å². The van der Waals surface area contributed by atoms with Crippen LogP contribution in [0.2, 0.25) is 0 Å². The summed E-state index contributed by atoms with van der Waals surface area (Å²) in [5.74, 6) is -0.609. The molecule has 1 fully saturated rings. The summed E-state index contributed by atoms with van der Waals surface area (Å²) in [7, 11) is 2.62. The number of halogens is 4. The molecular formula is C16H28F3IN4O3. The number of hydrogen-bond acceptors (Lipinski definition) is 4.